The van der Waals surface area contributed by atoms with Crippen molar-refractivity contribution in [3.63, 3.8) is 0 Å². The summed E-state index contributed by atoms with van der Waals surface area (Å²) in [7, 11) is 0. The lowest BCUT2D eigenvalue weighted by molar-refractivity contribution is -0.145. The second-order valence-electron chi connectivity index (χ2n) is 7.47. The van der Waals surface area contributed by atoms with Crippen molar-refractivity contribution >= 4 is 29.3 Å². The van der Waals surface area contributed by atoms with Gasteiger partial charge in [-0.25, -0.2) is 0 Å². The first-order chi connectivity index (χ1) is 15.2. The number of carbonyl (C=O) groups excluding carboxylic acids is 4. The molecule has 2 N–H and O–H groups in total. The Morgan fingerprint density at radius 2 is 1.59 bits per heavy atom. The van der Waals surface area contributed by atoms with Gasteiger partial charge < -0.3 is 24.8 Å². The normalized spacial score (nSPS) is 12.8. The minimum atomic E-state index is -1.04. The van der Waals surface area contributed by atoms with Gasteiger partial charge in [0.25, 0.3) is 5.91 Å². The van der Waals surface area contributed by atoms with Crippen molar-refractivity contribution in [2.45, 2.75) is 26.9 Å². The molecule has 0 saturated heterocycles. The van der Waals surface area contributed by atoms with Crippen molar-refractivity contribution in [3.8, 4) is 11.5 Å². The molecule has 1 unspecified atom stereocenters. The molecule has 2 amide bonds. The van der Waals surface area contributed by atoms with E-state index >= 15 is 0 Å². The summed E-state index contributed by atoms with van der Waals surface area (Å²) in [6.45, 7) is 4.70. The number of carbonyl (C=O) groups is 4. The summed E-state index contributed by atoms with van der Waals surface area (Å²) in [6, 6.07) is 11.0. The zero-order valence-corrected chi connectivity index (χ0v) is 18.0. The van der Waals surface area contributed by atoms with E-state index < -0.39 is 30.3 Å². The molecular formula is C23H24N2O7. The van der Waals surface area contributed by atoms with Crippen LogP contribution < -0.4 is 20.1 Å². The van der Waals surface area contributed by atoms with Gasteiger partial charge in [-0.2, -0.15) is 0 Å². The highest BCUT2D eigenvalue weighted by molar-refractivity contribution is 6.01. The highest BCUT2D eigenvalue weighted by Crippen LogP contribution is 2.32. The summed E-state index contributed by atoms with van der Waals surface area (Å²) < 4.78 is 15.5. The van der Waals surface area contributed by atoms with Crippen LogP contribution in [0, 0.1) is 5.92 Å². The van der Waals surface area contributed by atoms with Crippen LogP contribution in [0.5, 0.6) is 11.5 Å². The van der Waals surface area contributed by atoms with Crippen LogP contribution in [0.3, 0.4) is 0 Å². The van der Waals surface area contributed by atoms with Crippen LogP contribution in [0.4, 0.5) is 5.69 Å². The fraction of sp³-hybridized carbons (Fsp3) is 0.304. The van der Waals surface area contributed by atoms with Crippen molar-refractivity contribution in [2.24, 2.45) is 5.92 Å². The summed E-state index contributed by atoms with van der Waals surface area (Å²) in [5.41, 5.74) is 1.20. The molecule has 1 atom stereocenters. The van der Waals surface area contributed by atoms with E-state index in [0.29, 0.717) is 28.3 Å². The van der Waals surface area contributed by atoms with Crippen molar-refractivity contribution in [1.29, 1.82) is 0 Å². The van der Waals surface area contributed by atoms with E-state index in [4.69, 9.17) is 14.2 Å². The second-order valence-corrected chi connectivity index (χ2v) is 7.47. The topological polar surface area (TPSA) is 120 Å². The largest absolute Gasteiger partial charge is 0.454 e. The Morgan fingerprint density at radius 3 is 2.28 bits per heavy atom. The monoisotopic (exact) mass is 440 g/mol. The van der Waals surface area contributed by atoms with Crippen LogP contribution in [0.2, 0.25) is 0 Å². The number of fused-ring (bicyclic) bond motifs is 1. The standard InChI is InChI=1S/C23H24N2O7/c1-13(2)22(28)25-17-7-4-15(5-8-17)21(27)14(3)32-20(26)11-24-23(29)16-6-9-18-19(10-16)31-12-30-18/h4-10,13-14H,11-12H2,1-3H3,(H,24,29)(H,25,28). The Balaban J connectivity index is 1.48. The van der Waals surface area contributed by atoms with Crippen LogP contribution in [0.1, 0.15) is 41.5 Å². The highest BCUT2D eigenvalue weighted by atomic mass is 16.7. The number of hydrogen-bond acceptors (Lipinski definition) is 7. The van der Waals surface area contributed by atoms with Crippen LogP contribution in [-0.2, 0) is 14.3 Å². The third-order valence-corrected chi connectivity index (χ3v) is 4.67. The molecule has 1 aliphatic heterocycles. The fourth-order valence-corrected chi connectivity index (χ4v) is 2.82. The zero-order valence-electron chi connectivity index (χ0n) is 18.0. The van der Waals surface area contributed by atoms with Crippen LogP contribution in [0.15, 0.2) is 42.5 Å². The highest BCUT2D eigenvalue weighted by Gasteiger charge is 2.21. The van der Waals surface area contributed by atoms with Gasteiger partial charge in [-0.05, 0) is 49.4 Å². The Kier molecular flexibility index (Phi) is 7.09. The molecule has 3 rings (SSSR count). The van der Waals surface area contributed by atoms with Crippen LogP contribution >= 0.6 is 0 Å². The summed E-state index contributed by atoms with van der Waals surface area (Å²) in [5.74, 6) is -0.936. The molecule has 1 heterocycles. The van der Waals surface area contributed by atoms with Gasteiger partial charge in [0.1, 0.15) is 6.54 Å². The number of rotatable bonds is 8. The number of anilines is 1. The van der Waals surface area contributed by atoms with E-state index in [1.807, 2.05) is 0 Å². The first kappa shape index (κ1) is 22.8. The molecule has 0 aromatic heterocycles. The quantitative estimate of drug-likeness (QED) is 0.478. The number of hydrogen-bond donors (Lipinski definition) is 2. The Bertz CT molecular complexity index is 1030. The molecule has 32 heavy (non-hydrogen) atoms. The lowest BCUT2D eigenvalue weighted by atomic mass is 10.1. The molecule has 2 aromatic carbocycles. The molecule has 0 bridgehead atoms. The van der Waals surface area contributed by atoms with Crippen molar-refractivity contribution < 1.29 is 33.4 Å². The number of esters is 1. The van der Waals surface area contributed by atoms with E-state index in [-0.39, 0.29) is 18.6 Å². The minimum absolute atomic E-state index is 0.0912. The first-order valence-corrected chi connectivity index (χ1v) is 10.1. The molecular weight excluding hydrogens is 416 g/mol. The SMILES string of the molecule is CC(C)C(=O)Nc1ccc(C(=O)C(C)OC(=O)CNC(=O)c2ccc3c(c2)OCO3)cc1. The number of ether oxygens (including phenoxy) is 3. The average molecular weight is 440 g/mol. The van der Waals surface area contributed by atoms with Crippen LogP contribution in [0.25, 0.3) is 0 Å². The number of Topliss-reactive ketones (excluding diaryl/α,β-unsaturated/α-hetero) is 1. The maximum absolute atomic E-state index is 12.5. The number of nitrogens with one attached hydrogen (secondary N) is 2. The van der Waals surface area contributed by atoms with Crippen molar-refractivity contribution in [1.82, 2.24) is 5.32 Å². The zero-order chi connectivity index (χ0) is 23.3. The van der Waals surface area contributed by atoms with Gasteiger partial charge in [-0.1, -0.05) is 13.8 Å². The van der Waals surface area contributed by atoms with E-state index in [0.717, 1.165) is 0 Å². The fourth-order valence-electron chi connectivity index (χ4n) is 2.82. The van der Waals surface area contributed by atoms with E-state index in [9.17, 15) is 19.2 Å². The molecule has 168 valence electrons. The molecule has 9 nitrogen and oxygen atoms in total. The molecule has 9 heteroatoms. The van der Waals surface area contributed by atoms with Gasteiger partial charge in [0.2, 0.25) is 18.5 Å². The predicted octanol–water partition coefficient (Wildman–Crippen LogP) is 2.55. The van der Waals surface area contributed by atoms with Crippen LogP contribution in [-0.4, -0.2) is 43.0 Å². The number of amides is 2. The van der Waals surface area contributed by atoms with Crippen molar-refractivity contribution in [3.05, 3.63) is 53.6 Å². The summed E-state index contributed by atoms with van der Waals surface area (Å²) >= 11 is 0. The van der Waals surface area contributed by atoms with E-state index in [2.05, 4.69) is 10.6 Å². The number of ketones is 1. The lowest BCUT2D eigenvalue weighted by Crippen LogP contribution is -2.34. The van der Waals surface area contributed by atoms with Gasteiger partial charge in [-0.15, -0.1) is 0 Å². The Labute approximate surface area is 185 Å². The summed E-state index contributed by atoms with van der Waals surface area (Å²) in [4.78, 5) is 48.5. The molecule has 0 radical (unpaired) electrons. The Morgan fingerprint density at radius 1 is 0.938 bits per heavy atom. The molecule has 2 aromatic rings. The van der Waals surface area contributed by atoms with E-state index in [1.165, 1.54) is 13.0 Å². The molecule has 0 saturated carbocycles. The third-order valence-electron chi connectivity index (χ3n) is 4.67. The van der Waals surface area contributed by atoms with Crippen molar-refractivity contribution in [2.75, 3.05) is 18.7 Å². The maximum atomic E-state index is 12.5. The minimum Gasteiger partial charge on any atom is -0.454 e. The van der Waals surface area contributed by atoms with E-state index in [1.54, 1.807) is 50.2 Å². The molecule has 0 spiro atoms. The van der Waals surface area contributed by atoms with Gasteiger partial charge in [-0.3, -0.25) is 19.2 Å². The molecule has 0 fully saturated rings. The maximum Gasteiger partial charge on any atom is 0.326 e. The predicted molar refractivity (Wildman–Crippen MR) is 115 cm³/mol. The van der Waals surface area contributed by atoms with Gasteiger partial charge >= 0.3 is 5.97 Å². The van der Waals surface area contributed by atoms with Gasteiger partial charge in [0.15, 0.2) is 17.6 Å². The number of benzene rings is 2. The third kappa shape index (κ3) is 5.63. The summed E-state index contributed by atoms with van der Waals surface area (Å²) in [6.07, 6.45) is -1.04. The smallest absolute Gasteiger partial charge is 0.326 e. The second kappa shape index (κ2) is 9.95. The van der Waals surface area contributed by atoms with Gasteiger partial charge in [0.05, 0.1) is 0 Å². The van der Waals surface area contributed by atoms with Gasteiger partial charge in [0, 0.05) is 22.7 Å². The molecule has 0 aliphatic carbocycles. The first-order valence-electron chi connectivity index (χ1n) is 10.1. The molecule has 1 aliphatic rings. The average Bonchev–Trinajstić information content (AvgIpc) is 3.25. The summed E-state index contributed by atoms with van der Waals surface area (Å²) in [5, 5.41) is 5.18. The Hall–Kier alpha value is -3.88. The lowest BCUT2D eigenvalue weighted by Gasteiger charge is -2.13.